The largest absolute Gasteiger partial charge is 0.507 e. The number of rotatable bonds is 4. The number of carbonyl (C=O) groups excluding carboxylic acids is 1. The number of nitrogens with one attached hydrogen (secondary N) is 1. The zero-order valence-electron chi connectivity index (χ0n) is 11.4. The molecular weight excluding hydrogens is 275 g/mol. The Morgan fingerprint density at radius 3 is 2.76 bits per heavy atom. The highest BCUT2D eigenvalue weighted by atomic mass is 19.1. The van der Waals surface area contributed by atoms with Crippen LogP contribution in [0.4, 0.5) is 10.1 Å². The van der Waals surface area contributed by atoms with Crippen LogP contribution in [0.1, 0.15) is 15.9 Å². The van der Waals surface area contributed by atoms with Crippen molar-refractivity contribution in [1.82, 2.24) is 5.32 Å². The second-order valence-electron chi connectivity index (χ2n) is 4.39. The zero-order valence-corrected chi connectivity index (χ0v) is 11.4. The van der Waals surface area contributed by atoms with Crippen LogP contribution < -0.4 is 15.8 Å². The van der Waals surface area contributed by atoms with E-state index >= 15 is 0 Å². The summed E-state index contributed by atoms with van der Waals surface area (Å²) in [5, 5.41) is 12.1. The van der Waals surface area contributed by atoms with E-state index < -0.39 is 17.5 Å². The lowest BCUT2D eigenvalue weighted by Crippen LogP contribution is -2.24. The van der Waals surface area contributed by atoms with Crippen LogP contribution in [-0.4, -0.2) is 18.1 Å². The number of hydrogen-bond donors (Lipinski definition) is 3. The van der Waals surface area contributed by atoms with Gasteiger partial charge in [0, 0.05) is 6.54 Å². The number of benzene rings is 2. The van der Waals surface area contributed by atoms with Gasteiger partial charge in [-0.2, -0.15) is 0 Å². The van der Waals surface area contributed by atoms with Gasteiger partial charge < -0.3 is 20.9 Å². The second-order valence-corrected chi connectivity index (χ2v) is 4.39. The van der Waals surface area contributed by atoms with Crippen LogP contribution in [-0.2, 0) is 6.54 Å². The SMILES string of the molecule is COc1ccc(CNC(=O)c2c(O)cccc2F)cc1N. The maximum Gasteiger partial charge on any atom is 0.258 e. The quantitative estimate of drug-likeness (QED) is 0.752. The van der Waals surface area contributed by atoms with Crippen LogP contribution in [0.15, 0.2) is 36.4 Å². The summed E-state index contributed by atoms with van der Waals surface area (Å²) in [5.41, 5.74) is 6.56. The first-order valence-electron chi connectivity index (χ1n) is 6.21. The normalized spacial score (nSPS) is 10.2. The van der Waals surface area contributed by atoms with Crippen molar-refractivity contribution in [2.75, 3.05) is 12.8 Å². The number of aromatic hydroxyl groups is 1. The molecule has 0 aliphatic heterocycles. The standard InChI is InChI=1S/C15H15FN2O3/c1-21-13-6-5-9(7-11(13)17)8-18-15(20)14-10(16)3-2-4-12(14)19/h2-7,19H,8,17H2,1H3,(H,18,20). The molecule has 0 aliphatic carbocycles. The van der Waals surface area contributed by atoms with Crippen LogP contribution in [0, 0.1) is 5.82 Å². The van der Waals surface area contributed by atoms with Gasteiger partial charge in [-0.05, 0) is 29.8 Å². The molecule has 0 atom stereocenters. The molecule has 0 fully saturated rings. The van der Waals surface area contributed by atoms with Gasteiger partial charge in [-0.3, -0.25) is 4.79 Å². The summed E-state index contributed by atoms with van der Waals surface area (Å²) in [5.74, 6) is -1.33. The molecule has 2 rings (SSSR count). The highest BCUT2D eigenvalue weighted by Gasteiger charge is 2.16. The highest BCUT2D eigenvalue weighted by Crippen LogP contribution is 2.22. The molecule has 0 aliphatic rings. The van der Waals surface area contributed by atoms with E-state index in [1.54, 1.807) is 18.2 Å². The molecule has 2 aromatic carbocycles. The van der Waals surface area contributed by atoms with Crippen LogP contribution in [0.25, 0.3) is 0 Å². The molecule has 0 saturated heterocycles. The monoisotopic (exact) mass is 290 g/mol. The third-order valence-corrected chi connectivity index (χ3v) is 2.97. The fraction of sp³-hybridized carbons (Fsp3) is 0.133. The Morgan fingerprint density at radius 2 is 2.14 bits per heavy atom. The molecule has 6 heteroatoms. The first-order chi connectivity index (χ1) is 10.0. The molecule has 2 aromatic rings. The maximum absolute atomic E-state index is 13.5. The smallest absolute Gasteiger partial charge is 0.258 e. The number of hydrogen-bond acceptors (Lipinski definition) is 4. The number of ether oxygens (including phenoxy) is 1. The van der Waals surface area contributed by atoms with E-state index in [0.29, 0.717) is 11.4 Å². The van der Waals surface area contributed by atoms with E-state index in [0.717, 1.165) is 11.6 Å². The Bertz CT molecular complexity index is 654. The van der Waals surface area contributed by atoms with Gasteiger partial charge in [0.25, 0.3) is 5.91 Å². The minimum absolute atomic E-state index is 0.154. The Morgan fingerprint density at radius 1 is 1.38 bits per heavy atom. The predicted octanol–water partition coefficient (Wildman–Crippen LogP) is 2.05. The maximum atomic E-state index is 13.5. The van der Waals surface area contributed by atoms with E-state index in [2.05, 4.69) is 5.32 Å². The van der Waals surface area contributed by atoms with Gasteiger partial charge in [-0.1, -0.05) is 12.1 Å². The fourth-order valence-electron chi connectivity index (χ4n) is 1.90. The lowest BCUT2D eigenvalue weighted by molar-refractivity contribution is 0.0944. The number of amides is 1. The summed E-state index contributed by atoms with van der Waals surface area (Å²) in [6.45, 7) is 0.154. The third kappa shape index (κ3) is 3.22. The van der Waals surface area contributed by atoms with Crippen molar-refractivity contribution in [2.45, 2.75) is 6.54 Å². The number of phenols is 1. The summed E-state index contributed by atoms with van der Waals surface area (Å²) < 4.78 is 18.6. The van der Waals surface area contributed by atoms with Gasteiger partial charge in [0.1, 0.15) is 22.9 Å². The van der Waals surface area contributed by atoms with Crippen molar-refractivity contribution < 1.29 is 19.0 Å². The molecule has 21 heavy (non-hydrogen) atoms. The van der Waals surface area contributed by atoms with Crippen molar-refractivity contribution in [2.24, 2.45) is 0 Å². The topological polar surface area (TPSA) is 84.6 Å². The van der Waals surface area contributed by atoms with Crippen molar-refractivity contribution in [3.8, 4) is 11.5 Å². The predicted molar refractivity (Wildman–Crippen MR) is 76.6 cm³/mol. The first-order valence-corrected chi connectivity index (χ1v) is 6.21. The molecule has 110 valence electrons. The summed E-state index contributed by atoms with van der Waals surface area (Å²) >= 11 is 0. The van der Waals surface area contributed by atoms with Crippen LogP contribution in [0.2, 0.25) is 0 Å². The molecular formula is C15H15FN2O3. The summed E-state index contributed by atoms with van der Waals surface area (Å²) in [6, 6.07) is 8.75. The van der Waals surface area contributed by atoms with Crippen LogP contribution >= 0.6 is 0 Å². The molecule has 5 nitrogen and oxygen atoms in total. The van der Waals surface area contributed by atoms with Gasteiger partial charge in [0.2, 0.25) is 0 Å². The van der Waals surface area contributed by atoms with Crippen molar-refractivity contribution >= 4 is 11.6 Å². The number of halogens is 1. The molecule has 0 spiro atoms. The number of nitrogen functional groups attached to an aromatic ring is 1. The number of carbonyl (C=O) groups is 1. The van der Waals surface area contributed by atoms with Crippen LogP contribution in [0.5, 0.6) is 11.5 Å². The van der Waals surface area contributed by atoms with Crippen LogP contribution in [0.3, 0.4) is 0 Å². The van der Waals surface area contributed by atoms with E-state index in [9.17, 15) is 14.3 Å². The lowest BCUT2D eigenvalue weighted by Gasteiger charge is -2.10. The van der Waals surface area contributed by atoms with E-state index in [4.69, 9.17) is 10.5 Å². The summed E-state index contributed by atoms with van der Waals surface area (Å²) in [7, 11) is 1.51. The van der Waals surface area contributed by atoms with Gasteiger partial charge in [0.05, 0.1) is 12.8 Å². The minimum atomic E-state index is -0.776. The number of phenolic OH excluding ortho intramolecular Hbond substituents is 1. The minimum Gasteiger partial charge on any atom is -0.507 e. The third-order valence-electron chi connectivity index (χ3n) is 2.97. The zero-order chi connectivity index (χ0) is 15.4. The molecule has 4 N–H and O–H groups in total. The fourth-order valence-corrected chi connectivity index (χ4v) is 1.90. The Balaban J connectivity index is 2.09. The highest BCUT2D eigenvalue weighted by molar-refractivity contribution is 5.97. The van der Waals surface area contributed by atoms with Gasteiger partial charge >= 0.3 is 0 Å². The van der Waals surface area contributed by atoms with E-state index in [1.165, 1.54) is 19.2 Å². The lowest BCUT2D eigenvalue weighted by atomic mass is 10.1. The number of anilines is 1. The molecule has 0 aromatic heterocycles. The average molecular weight is 290 g/mol. The Labute approximate surface area is 121 Å². The molecule has 0 heterocycles. The Kier molecular flexibility index (Phi) is 4.27. The van der Waals surface area contributed by atoms with Crippen molar-refractivity contribution in [3.05, 3.63) is 53.3 Å². The van der Waals surface area contributed by atoms with Gasteiger partial charge in [-0.25, -0.2) is 4.39 Å². The van der Waals surface area contributed by atoms with Crippen molar-refractivity contribution in [3.63, 3.8) is 0 Å². The van der Waals surface area contributed by atoms with Gasteiger partial charge in [0.15, 0.2) is 0 Å². The molecule has 0 radical (unpaired) electrons. The number of nitrogens with two attached hydrogens (primary N) is 1. The number of methoxy groups -OCH3 is 1. The molecule has 0 bridgehead atoms. The second kappa shape index (κ2) is 6.13. The first kappa shape index (κ1) is 14.6. The summed E-state index contributed by atoms with van der Waals surface area (Å²) in [6.07, 6.45) is 0. The molecule has 1 amide bonds. The molecule has 0 saturated carbocycles. The average Bonchev–Trinajstić information content (AvgIpc) is 2.45. The summed E-state index contributed by atoms with van der Waals surface area (Å²) in [4.78, 5) is 11.9. The van der Waals surface area contributed by atoms with Crippen molar-refractivity contribution in [1.29, 1.82) is 0 Å². The van der Waals surface area contributed by atoms with E-state index in [-0.39, 0.29) is 12.1 Å². The molecule has 0 unspecified atom stereocenters. The Hall–Kier alpha value is -2.76. The van der Waals surface area contributed by atoms with Gasteiger partial charge in [-0.15, -0.1) is 0 Å². The van der Waals surface area contributed by atoms with E-state index in [1.807, 2.05) is 0 Å².